The van der Waals surface area contributed by atoms with Crippen molar-refractivity contribution in [1.82, 2.24) is 15.1 Å². The summed E-state index contributed by atoms with van der Waals surface area (Å²) in [6.07, 6.45) is 0. The third-order valence-electron chi connectivity index (χ3n) is 3.29. The lowest BCUT2D eigenvalue weighted by Crippen LogP contribution is -2.54. The summed E-state index contributed by atoms with van der Waals surface area (Å²) < 4.78 is 5.22. The Morgan fingerprint density at radius 3 is 2.95 bits per heavy atom. The van der Waals surface area contributed by atoms with Gasteiger partial charge in [-0.2, -0.15) is 0 Å². The first-order chi connectivity index (χ1) is 10.7. The maximum Gasteiger partial charge on any atom is 0.251 e. The summed E-state index contributed by atoms with van der Waals surface area (Å²) in [6, 6.07) is 8.87. The van der Waals surface area contributed by atoms with Gasteiger partial charge in [0.2, 0.25) is 11.0 Å². The topological polar surface area (TPSA) is 84.4 Å². The van der Waals surface area contributed by atoms with Gasteiger partial charge in [0, 0.05) is 6.54 Å². The molecule has 0 aliphatic carbocycles. The number of aromatic nitrogens is 2. The van der Waals surface area contributed by atoms with Crippen LogP contribution in [-0.4, -0.2) is 46.2 Å². The van der Waals surface area contributed by atoms with Gasteiger partial charge < -0.3 is 9.64 Å². The molecule has 8 heteroatoms. The second-order valence-electron chi connectivity index (χ2n) is 4.77. The van der Waals surface area contributed by atoms with Crippen LogP contribution >= 0.6 is 11.3 Å². The Hall–Kier alpha value is -2.32. The fraction of sp³-hybridized carbons (Fsp3) is 0.286. The molecule has 0 spiro atoms. The molecule has 2 amide bonds. The van der Waals surface area contributed by atoms with E-state index >= 15 is 0 Å². The van der Waals surface area contributed by atoms with Crippen molar-refractivity contribution in [2.75, 3.05) is 18.5 Å². The van der Waals surface area contributed by atoms with Gasteiger partial charge in [-0.3, -0.25) is 14.9 Å². The number of benzene rings is 1. The minimum absolute atomic E-state index is 0.00454. The van der Waals surface area contributed by atoms with Crippen LogP contribution in [-0.2, 0) is 20.9 Å². The van der Waals surface area contributed by atoms with Gasteiger partial charge in [0.05, 0.1) is 6.61 Å². The molecular weight excluding hydrogens is 304 g/mol. The molecule has 0 radical (unpaired) electrons. The molecule has 1 aliphatic rings. The van der Waals surface area contributed by atoms with Crippen molar-refractivity contribution >= 4 is 28.3 Å². The van der Waals surface area contributed by atoms with Gasteiger partial charge in [-0.1, -0.05) is 41.7 Å². The smallest absolute Gasteiger partial charge is 0.251 e. The first kappa shape index (κ1) is 14.6. The number of nitrogens with one attached hydrogen (secondary N) is 1. The van der Waals surface area contributed by atoms with Gasteiger partial charge in [-0.25, -0.2) is 0 Å². The number of anilines is 1. The molecule has 7 nitrogen and oxygen atoms in total. The maximum atomic E-state index is 12.4. The largest absolute Gasteiger partial charge is 0.369 e. The average Bonchev–Trinajstić information content (AvgIpc) is 3.03. The number of hydrogen-bond donors (Lipinski definition) is 1. The minimum Gasteiger partial charge on any atom is -0.369 e. The molecule has 1 saturated heterocycles. The Balaban J connectivity index is 1.74. The molecule has 1 aromatic heterocycles. The molecule has 1 atom stereocenters. The number of carbonyl (C=O) groups is 2. The Labute approximate surface area is 130 Å². The first-order valence-electron chi connectivity index (χ1n) is 6.72. The van der Waals surface area contributed by atoms with Gasteiger partial charge in [-0.15, -0.1) is 10.2 Å². The third kappa shape index (κ3) is 3.29. The second-order valence-corrected chi connectivity index (χ2v) is 5.60. The summed E-state index contributed by atoms with van der Waals surface area (Å²) in [6.45, 7) is 0.538. The number of nitrogens with zero attached hydrogens (tertiary/aromatic N) is 3. The van der Waals surface area contributed by atoms with Crippen LogP contribution in [0.2, 0.25) is 0 Å². The summed E-state index contributed by atoms with van der Waals surface area (Å²) in [7, 11) is 0. The molecular formula is C14H14N4O3S. The molecule has 114 valence electrons. The SMILES string of the molecule is O=C(Nc1nncs1)C1COCC(=O)N1Cc1ccccc1. The highest BCUT2D eigenvalue weighted by molar-refractivity contribution is 7.13. The van der Waals surface area contributed by atoms with E-state index in [9.17, 15) is 9.59 Å². The van der Waals surface area contributed by atoms with Crippen LogP contribution in [0.5, 0.6) is 0 Å². The fourth-order valence-electron chi connectivity index (χ4n) is 2.22. The van der Waals surface area contributed by atoms with Crippen molar-refractivity contribution in [1.29, 1.82) is 0 Å². The molecule has 3 rings (SSSR count). The summed E-state index contributed by atoms with van der Waals surface area (Å²) in [5, 5.41) is 10.5. The lowest BCUT2D eigenvalue weighted by molar-refractivity contribution is -0.154. The predicted octanol–water partition coefficient (Wildman–Crippen LogP) is 0.904. The molecule has 2 aromatic rings. The number of rotatable bonds is 4. The molecule has 22 heavy (non-hydrogen) atoms. The number of hydrogen-bond acceptors (Lipinski definition) is 6. The summed E-state index contributed by atoms with van der Waals surface area (Å²) in [5.74, 6) is -0.520. The van der Waals surface area contributed by atoms with Crippen LogP contribution < -0.4 is 5.32 Å². The summed E-state index contributed by atoms with van der Waals surface area (Å²) in [4.78, 5) is 26.0. The van der Waals surface area contributed by atoms with E-state index in [4.69, 9.17) is 4.74 Å². The highest BCUT2D eigenvalue weighted by atomic mass is 32.1. The predicted molar refractivity (Wildman–Crippen MR) is 80.1 cm³/mol. The lowest BCUT2D eigenvalue weighted by Gasteiger charge is -2.34. The normalized spacial score (nSPS) is 18.3. The van der Waals surface area contributed by atoms with Gasteiger partial charge in [-0.05, 0) is 5.56 Å². The van der Waals surface area contributed by atoms with E-state index < -0.39 is 6.04 Å². The number of amides is 2. The zero-order valence-electron chi connectivity index (χ0n) is 11.6. The number of carbonyl (C=O) groups excluding carboxylic acids is 2. The number of ether oxygens (including phenoxy) is 1. The van der Waals surface area contributed by atoms with Gasteiger partial charge in [0.1, 0.15) is 18.2 Å². The standard InChI is InChI=1S/C14H14N4O3S/c19-12-8-21-7-11(13(20)16-14-17-15-9-22-14)18(12)6-10-4-2-1-3-5-10/h1-5,9,11H,6-8H2,(H,16,17,20). The molecule has 0 saturated carbocycles. The molecule has 1 N–H and O–H groups in total. The molecule has 1 aliphatic heterocycles. The quantitative estimate of drug-likeness (QED) is 0.905. The highest BCUT2D eigenvalue weighted by Gasteiger charge is 2.34. The summed E-state index contributed by atoms with van der Waals surface area (Å²) >= 11 is 1.22. The van der Waals surface area contributed by atoms with Crippen LogP contribution in [0.15, 0.2) is 35.8 Å². The van der Waals surface area contributed by atoms with Crippen LogP contribution in [0.4, 0.5) is 5.13 Å². The molecule has 1 aromatic carbocycles. The van der Waals surface area contributed by atoms with Gasteiger partial charge >= 0.3 is 0 Å². The van der Waals surface area contributed by atoms with E-state index in [1.54, 1.807) is 0 Å². The van der Waals surface area contributed by atoms with Crippen LogP contribution in [0, 0.1) is 0 Å². The maximum absolute atomic E-state index is 12.4. The molecule has 2 heterocycles. The van der Waals surface area contributed by atoms with E-state index in [0.29, 0.717) is 11.7 Å². The Kier molecular flexibility index (Phi) is 4.40. The molecule has 0 bridgehead atoms. The zero-order chi connectivity index (χ0) is 15.4. The average molecular weight is 318 g/mol. The molecule has 1 unspecified atom stereocenters. The van der Waals surface area contributed by atoms with Crippen molar-refractivity contribution < 1.29 is 14.3 Å². The summed E-state index contributed by atoms with van der Waals surface area (Å²) in [5.41, 5.74) is 2.49. The van der Waals surface area contributed by atoms with Crippen LogP contribution in [0.25, 0.3) is 0 Å². The highest BCUT2D eigenvalue weighted by Crippen LogP contribution is 2.16. The Morgan fingerprint density at radius 1 is 1.41 bits per heavy atom. The van der Waals surface area contributed by atoms with Gasteiger partial charge in [0.25, 0.3) is 5.91 Å². The zero-order valence-corrected chi connectivity index (χ0v) is 12.5. The minimum atomic E-state index is -0.676. The van der Waals surface area contributed by atoms with Crippen molar-refractivity contribution in [2.45, 2.75) is 12.6 Å². The Morgan fingerprint density at radius 2 is 2.23 bits per heavy atom. The van der Waals surface area contributed by atoms with Crippen LogP contribution in [0.1, 0.15) is 5.56 Å². The van der Waals surface area contributed by atoms with Crippen molar-refractivity contribution in [2.24, 2.45) is 0 Å². The van der Waals surface area contributed by atoms with E-state index in [1.165, 1.54) is 21.7 Å². The van der Waals surface area contributed by atoms with Crippen molar-refractivity contribution in [3.63, 3.8) is 0 Å². The Bertz CT molecular complexity index is 647. The fourth-order valence-corrected chi connectivity index (χ4v) is 2.66. The van der Waals surface area contributed by atoms with E-state index in [2.05, 4.69) is 15.5 Å². The number of morpholine rings is 1. The second kappa shape index (κ2) is 6.63. The van der Waals surface area contributed by atoms with E-state index in [0.717, 1.165) is 5.56 Å². The first-order valence-corrected chi connectivity index (χ1v) is 7.60. The van der Waals surface area contributed by atoms with E-state index in [-0.39, 0.29) is 25.0 Å². The van der Waals surface area contributed by atoms with Crippen LogP contribution in [0.3, 0.4) is 0 Å². The van der Waals surface area contributed by atoms with Crippen molar-refractivity contribution in [3.8, 4) is 0 Å². The monoisotopic (exact) mass is 318 g/mol. The third-order valence-corrected chi connectivity index (χ3v) is 3.89. The molecule has 1 fully saturated rings. The van der Waals surface area contributed by atoms with Gasteiger partial charge in [0.15, 0.2) is 0 Å². The lowest BCUT2D eigenvalue weighted by atomic mass is 10.1. The van der Waals surface area contributed by atoms with E-state index in [1.807, 2.05) is 30.3 Å². The van der Waals surface area contributed by atoms with Crippen molar-refractivity contribution in [3.05, 3.63) is 41.4 Å².